The Morgan fingerprint density at radius 3 is 0.628 bits per heavy atom. The normalized spacial score (nSPS) is 11.7. The van der Waals surface area contributed by atoms with Crippen molar-refractivity contribution in [3.05, 3.63) is 299 Å². The molecule has 0 N–H and O–H groups in total. The predicted molar refractivity (Wildman–Crippen MR) is 366 cm³/mol. The molecule has 0 saturated carbocycles. The SMILES string of the molecule is Cc1ccc(N(c2ccc(C)cc2)c2ccc3c(c2)c2c(N(c4ccc(C)cc4)c4ccc(C)cc4)ccc4c2n3c2ccc(N(c3ccc(C)cc3)c3ccc(C)cc3)c3c5cc(N(c6ccc(C)cc6)c6ccc(C)cc6)ccc5n4c32)cc1. The molecule has 6 nitrogen and oxygen atoms in total. The Balaban J connectivity index is 1.10. The summed E-state index contributed by atoms with van der Waals surface area (Å²) in [7, 11) is 0. The van der Waals surface area contributed by atoms with E-state index in [4.69, 9.17) is 0 Å². The topological polar surface area (TPSA) is 21.8 Å². The maximum atomic E-state index is 2.58. The lowest BCUT2D eigenvalue weighted by Gasteiger charge is -2.28. The summed E-state index contributed by atoms with van der Waals surface area (Å²) in [6.07, 6.45) is 0. The van der Waals surface area contributed by atoms with Crippen LogP contribution in [0.2, 0.25) is 0 Å². The lowest BCUT2D eigenvalue weighted by molar-refractivity contribution is 1.24. The van der Waals surface area contributed by atoms with E-state index in [1.54, 1.807) is 0 Å². The van der Waals surface area contributed by atoms with Gasteiger partial charge in [-0.25, -0.2) is 0 Å². The Morgan fingerprint density at radius 2 is 0.395 bits per heavy atom. The zero-order valence-electron chi connectivity index (χ0n) is 49.9. The van der Waals surface area contributed by atoms with Gasteiger partial charge in [-0.05, 0) is 213 Å². The summed E-state index contributed by atoms with van der Waals surface area (Å²) in [5, 5.41) is 4.65. The van der Waals surface area contributed by atoms with Crippen LogP contribution in [0.4, 0.5) is 68.2 Å². The number of nitrogens with zero attached hydrogens (tertiary/aromatic N) is 6. The minimum Gasteiger partial charge on any atom is -0.310 e. The molecule has 0 unspecified atom stereocenters. The number of hydrogen-bond acceptors (Lipinski definition) is 4. The number of aromatic nitrogens is 2. The third kappa shape index (κ3) is 8.79. The van der Waals surface area contributed by atoms with Gasteiger partial charge < -0.3 is 28.4 Å². The van der Waals surface area contributed by atoms with Crippen LogP contribution in [0.25, 0.3) is 54.6 Å². The van der Waals surface area contributed by atoms with Gasteiger partial charge in [-0.15, -0.1) is 0 Å². The molecule has 0 radical (unpaired) electrons. The first-order chi connectivity index (χ1) is 41.9. The maximum absolute atomic E-state index is 2.58. The molecule has 0 spiro atoms. The molecule has 86 heavy (non-hydrogen) atoms. The third-order valence-electron chi connectivity index (χ3n) is 17.5. The summed E-state index contributed by atoms with van der Waals surface area (Å²) >= 11 is 0. The Bertz CT molecular complexity index is 4510. The van der Waals surface area contributed by atoms with E-state index < -0.39 is 0 Å². The molecule has 3 heterocycles. The second-order valence-corrected chi connectivity index (χ2v) is 23.8. The predicted octanol–water partition coefficient (Wildman–Crippen LogP) is 22.6. The fourth-order valence-corrected chi connectivity index (χ4v) is 13.0. The van der Waals surface area contributed by atoms with Gasteiger partial charge in [0.2, 0.25) is 0 Å². The molecule has 15 aromatic rings. The molecular weight excluding hydrogens is 1040 g/mol. The molecule has 0 bridgehead atoms. The first-order valence-corrected chi connectivity index (χ1v) is 29.9. The lowest BCUT2D eigenvalue weighted by atomic mass is 10.0. The van der Waals surface area contributed by atoms with Crippen molar-refractivity contribution < 1.29 is 0 Å². The van der Waals surface area contributed by atoms with Crippen molar-refractivity contribution in [2.75, 3.05) is 19.6 Å². The van der Waals surface area contributed by atoms with Gasteiger partial charge in [0, 0.05) is 78.4 Å². The van der Waals surface area contributed by atoms with Gasteiger partial charge in [0.25, 0.3) is 0 Å². The standard InChI is InChI=1S/C80H66N6/c1-51-9-25-59(26-10-51)81(60-27-11-52(2)12-28-60)67-41-43-71-69(49-67)77-73(83(63-33-17-55(5)18-34-63)64-35-19-56(6)20-36-64)45-47-75-79(77)85(71)76-48-46-74(84(65-37-21-57(7)22-38-65)66-39-23-58(8)24-40-66)78-70-50-68(42-44-72(70)86(75)80(76)78)82(61-29-13-53(3)14-30-61)62-31-15-54(4)16-32-62/h9-50H,1-8H3. The Morgan fingerprint density at radius 1 is 0.198 bits per heavy atom. The van der Waals surface area contributed by atoms with E-state index in [-0.39, 0.29) is 0 Å². The molecule has 0 amide bonds. The highest BCUT2D eigenvalue weighted by Gasteiger charge is 2.30. The second kappa shape index (κ2) is 20.6. The number of rotatable bonds is 12. The molecule has 0 aliphatic rings. The molecule has 0 atom stereocenters. The van der Waals surface area contributed by atoms with E-state index in [0.717, 1.165) is 112 Å². The van der Waals surface area contributed by atoms with Crippen molar-refractivity contribution >= 4 is 123 Å². The van der Waals surface area contributed by atoms with E-state index in [2.05, 4.69) is 339 Å². The van der Waals surface area contributed by atoms with E-state index in [0.29, 0.717) is 0 Å². The molecule has 0 aliphatic heterocycles. The lowest BCUT2D eigenvalue weighted by Crippen LogP contribution is -2.11. The number of benzene rings is 12. The van der Waals surface area contributed by atoms with Gasteiger partial charge >= 0.3 is 0 Å². The Labute approximate surface area is 503 Å². The van der Waals surface area contributed by atoms with Crippen molar-refractivity contribution in [1.29, 1.82) is 0 Å². The maximum Gasteiger partial charge on any atom is 0.0804 e. The van der Waals surface area contributed by atoms with E-state index in [1.165, 1.54) is 55.3 Å². The Hall–Kier alpha value is -10.6. The first-order valence-electron chi connectivity index (χ1n) is 29.9. The van der Waals surface area contributed by atoms with Crippen LogP contribution in [0.15, 0.2) is 255 Å². The summed E-state index contributed by atoms with van der Waals surface area (Å²) in [6, 6.07) is 95.5. The minimum atomic E-state index is 1.08. The molecule has 0 aliphatic carbocycles. The van der Waals surface area contributed by atoms with Crippen molar-refractivity contribution in [2.45, 2.75) is 55.4 Å². The van der Waals surface area contributed by atoms with Gasteiger partial charge in [-0.3, -0.25) is 0 Å². The average Bonchev–Trinajstić information content (AvgIpc) is 1.52. The van der Waals surface area contributed by atoms with Gasteiger partial charge in [0.05, 0.1) is 44.5 Å². The van der Waals surface area contributed by atoms with Crippen molar-refractivity contribution in [3.63, 3.8) is 0 Å². The van der Waals surface area contributed by atoms with Crippen molar-refractivity contribution in [2.24, 2.45) is 0 Å². The smallest absolute Gasteiger partial charge is 0.0804 e. The molecule has 0 saturated heterocycles. The quantitative estimate of drug-likeness (QED) is 0.114. The van der Waals surface area contributed by atoms with Gasteiger partial charge in [-0.2, -0.15) is 0 Å². The highest BCUT2D eigenvalue weighted by atomic mass is 15.2. The monoisotopic (exact) mass is 1110 g/mol. The molecule has 0 fully saturated rings. The largest absolute Gasteiger partial charge is 0.310 e. The van der Waals surface area contributed by atoms with E-state index >= 15 is 0 Å². The fourth-order valence-electron chi connectivity index (χ4n) is 13.0. The van der Waals surface area contributed by atoms with Crippen LogP contribution in [-0.4, -0.2) is 8.80 Å². The first kappa shape index (κ1) is 52.3. The fraction of sp³-hybridized carbons (Fsp3) is 0.100. The van der Waals surface area contributed by atoms with Crippen molar-refractivity contribution in [3.8, 4) is 0 Å². The van der Waals surface area contributed by atoms with Crippen molar-refractivity contribution in [1.82, 2.24) is 8.80 Å². The van der Waals surface area contributed by atoms with Crippen LogP contribution in [0, 0.1) is 55.4 Å². The van der Waals surface area contributed by atoms with Crippen LogP contribution in [0.1, 0.15) is 44.5 Å². The van der Waals surface area contributed by atoms with Crippen LogP contribution < -0.4 is 19.6 Å². The zero-order chi connectivity index (χ0) is 58.5. The number of hydrogen-bond donors (Lipinski definition) is 0. The number of anilines is 12. The van der Waals surface area contributed by atoms with Gasteiger partial charge in [-0.1, -0.05) is 142 Å². The summed E-state index contributed by atoms with van der Waals surface area (Å²) in [4.78, 5) is 9.74. The summed E-state index contributed by atoms with van der Waals surface area (Å²) in [5.41, 5.74) is 29.7. The van der Waals surface area contributed by atoms with E-state index in [1.807, 2.05) is 0 Å². The Kier molecular flexibility index (Phi) is 12.5. The molecular formula is C80H66N6. The average molecular weight is 1110 g/mol. The third-order valence-corrected chi connectivity index (χ3v) is 17.5. The number of aryl methyl sites for hydroxylation is 8. The van der Waals surface area contributed by atoms with E-state index in [9.17, 15) is 0 Å². The highest BCUT2D eigenvalue weighted by molar-refractivity contribution is 6.28. The molecule has 416 valence electrons. The van der Waals surface area contributed by atoms with Gasteiger partial charge in [0.1, 0.15) is 0 Å². The molecule has 3 aromatic heterocycles. The zero-order valence-corrected chi connectivity index (χ0v) is 49.9. The highest BCUT2D eigenvalue weighted by Crippen LogP contribution is 2.52. The van der Waals surface area contributed by atoms with Gasteiger partial charge in [0.15, 0.2) is 0 Å². The second-order valence-electron chi connectivity index (χ2n) is 23.8. The van der Waals surface area contributed by atoms with Crippen LogP contribution in [0.5, 0.6) is 0 Å². The summed E-state index contributed by atoms with van der Waals surface area (Å²) < 4.78 is 5.16. The minimum absolute atomic E-state index is 1.08. The van der Waals surface area contributed by atoms with Crippen LogP contribution >= 0.6 is 0 Å². The van der Waals surface area contributed by atoms with Crippen LogP contribution in [0.3, 0.4) is 0 Å². The number of fused-ring (bicyclic) bond motifs is 8. The molecule has 12 aromatic carbocycles. The summed E-state index contributed by atoms with van der Waals surface area (Å²) in [5.74, 6) is 0. The molecule has 15 rings (SSSR count). The molecule has 6 heteroatoms. The van der Waals surface area contributed by atoms with Crippen LogP contribution in [-0.2, 0) is 0 Å². The summed E-state index contributed by atoms with van der Waals surface area (Å²) in [6.45, 7) is 17.3.